The van der Waals surface area contributed by atoms with Crippen molar-refractivity contribution in [2.24, 2.45) is 5.92 Å². The number of fused-ring (bicyclic) bond motifs is 1. The van der Waals surface area contributed by atoms with E-state index < -0.39 is 0 Å². The fourth-order valence-corrected chi connectivity index (χ4v) is 3.88. The second-order valence-corrected chi connectivity index (χ2v) is 5.84. The van der Waals surface area contributed by atoms with Gasteiger partial charge in [0.05, 0.1) is 5.02 Å². The molecule has 2 fully saturated rings. The van der Waals surface area contributed by atoms with E-state index in [0.717, 1.165) is 30.1 Å². The molecule has 0 aromatic carbocycles. The molecule has 3 heterocycles. The van der Waals surface area contributed by atoms with Crippen LogP contribution < -0.4 is 5.32 Å². The van der Waals surface area contributed by atoms with Gasteiger partial charge < -0.3 is 5.32 Å². The van der Waals surface area contributed by atoms with Crippen LogP contribution in [0.25, 0.3) is 0 Å². The number of thiophene rings is 1. The van der Waals surface area contributed by atoms with Gasteiger partial charge in [-0.05, 0) is 36.9 Å². The Morgan fingerprint density at radius 3 is 3.27 bits per heavy atom. The third-order valence-electron chi connectivity index (χ3n) is 3.60. The minimum Gasteiger partial charge on any atom is -0.315 e. The molecule has 4 heteroatoms. The molecule has 82 valence electrons. The van der Waals surface area contributed by atoms with Gasteiger partial charge in [-0.2, -0.15) is 0 Å². The predicted octanol–water partition coefficient (Wildman–Crippen LogP) is 2.20. The largest absolute Gasteiger partial charge is 0.315 e. The van der Waals surface area contributed by atoms with Crippen molar-refractivity contribution in [1.82, 2.24) is 10.2 Å². The molecule has 1 aromatic heterocycles. The molecule has 2 nitrogen and oxygen atoms in total. The quantitative estimate of drug-likeness (QED) is 0.856. The van der Waals surface area contributed by atoms with Crippen molar-refractivity contribution in [2.75, 3.05) is 19.6 Å². The molecule has 3 rings (SSSR count). The molecule has 2 saturated heterocycles. The Morgan fingerprint density at radius 1 is 1.53 bits per heavy atom. The summed E-state index contributed by atoms with van der Waals surface area (Å²) in [6.45, 7) is 4.65. The first-order valence-electron chi connectivity index (χ1n) is 5.51. The summed E-state index contributed by atoms with van der Waals surface area (Å²) in [4.78, 5) is 3.91. The summed E-state index contributed by atoms with van der Waals surface area (Å²) in [7, 11) is 0. The molecule has 0 radical (unpaired) electrons. The van der Waals surface area contributed by atoms with Gasteiger partial charge in [-0.1, -0.05) is 11.6 Å². The highest BCUT2D eigenvalue weighted by Crippen LogP contribution is 2.31. The molecule has 0 saturated carbocycles. The van der Waals surface area contributed by atoms with Crippen molar-refractivity contribution in [2.45, 2.75) is 19.0 Å². The van der Waals surface area contributed by atoms with E-state index in [-0.39, 0.29) is 0 Å². The molecule has 0 bridgehead atoms. The number of likely N-dealkylation sites (tertiary alicyclic amines) is 1. The van der Waals surface area contributed by atoms with Crippen molar-refractivity contribution in [3.63, 3.8) is 0 Å². The summed E-state index contributed by atoms with van der Waals surface area (Å²) in [6, 6.07) is 2.75. The van der Waals surface area contributed by atoms with Crippen molar-refractivity contribution in [3.05, 3.63) is 21.3 Å². The molecule has 2 aliphatic rings. The first-order valence-corrected chi connectivity index (χ1v) is 6.77. The van der Waals surface area contributed by atoms with E-state index in [9.17, 15) is 0 Å². The lowest BCUT2D eigenvalue weighted by molar-refractivity contribution is 0.246. The number of hydrogen-bond donors (Lipinski definition) is 1. The number of halogens is 1. The zero-order valence-electron chi connectivity index (χ0n) is 8.58. The summed E-state index contributed by atoms with van der Waals surface area (Å²) in [5, 5.41) is 6.50. The molecular formula is C11H15ClN2S. The van der Waals surface area contributed by atoms with Gasteiger partial charge in [-0.25, -0.2) is 0 Å². The number of nitrogens with one attached hydrogen (secondary N) is 1. The maximum absolute atomic E-state index is 6.13. The van der Waals surface area contributed by atoms with E-state index >= 15 is 0 Å². The second kappa shape index (κ2) is 4.06. The van der Waals surface area contributed by atoms with Crippen molar-refractivity contribution in [1.29, 1.82) is 0 Å². The molecule has 15 heavy (non-hydrogen) atoms. The monoisotopic (exact) mass is 242 g/mol. The van der Waals surface area contributed by atoms with Crippen molar-refractivity contribution < 1.29 is 0 Å². The van der Waals surface area contributed by atoms with Gasteiger partial charge in [-0.3, -0.25) is 4.90 Å². The van der Waals surface area contributed by atoms with Gasteiger partial charge in [0.1, 0.15) is 0 Å². The summed E-state index contributed by atoms with van der Waals surface area (Å²) >= 11 is 7.91. The van der Waals surface area contributed by atoms with Crippen LogP contribution >= 0.6 is 22.9 Å². The lowest BCUT2D eigenvalue weighted by Gasteiger charge is -2.22. The molecule has 0 aliphatic carbocycles. The Balaban J connectivity index is 1.71. The molecule has 0 amide bonds. The Hall–Kier alpha value is -0.0900. The molecular weight excluding hydrogens is 228 g/mol. The van der Waals surface area contributed by atoms with Crippen LogP contribution in [0.5, 0.6) is 0 Å². The van der Waals surface area contributed by atoms with E-state index in [2.05, 4.69) is 15.6 Å². The van der Waals surface area contributed by atoms with Crippen LogP contribution in [0.15, 0.2) is 11.4 Å². The molecule has 1 aromatic rings. The van der Waals surface area contributed by atoms with Crippen molar-refractivity contribution >= 4 is 22.9 Å². The summed E-state index contributed by atoms with van der Waals surface area (Å²) < 4.78 is 0. The topological polar surface area (TPSA) is 15.3 Å². The Morgan fingerprint density at radius 2 is 2.47 bits per heavy atom. The fourth-order valence-electron chi connectivity index (χ4n) is 2.76. The van der Waals surface area contributed by atoms with Gasteiger partial charge in [0.2, 0.25) is 0 Å². The molecule has 0 unspecified atom stereocenters. The van der Waals surface area contributed by atoms with Gasteiger partial charge >= 0.3 is 0 Å². The molecule has 1 N–H and O–H groups in total. The number of rotatable bonds is 2. The second-order valence-electron chi connectivity index (χ2n) is 4.44. The molecule has 0 spiro atoms. The normalized spacial score (nSPS) is 31.0. The predicted molar refractivity (Wildman–Crippen MR) is 64.5 cm³/mol. The Labute approximate surface area is 99.2 Å². The smallest absolute Gasteiger partial charge is 0.0558 e. The van der Waals surface area contributed by atoms with Crippen LogP contribution in [-0.2, 0) is 6.54 Å². The Kier molecular flexibility index (Phi) is 2.73. The molecule has 2 aliphatic heterocycles. The minimum atomic E-state index is 0.753. The SMILES string of the molecule is Clc1ccsc1CN1CC[C@H]2CNC[C@H]21. The average Bonchev–Trinajstić information content (AvgIpc) is 2.86. The van der Waals surface area contributed by atoms with Crippen LogP contribution in [-0.4, -0.2) is 30.6 Å². The summed E-state index contributed by atoms with van der Waals surface area (Å²) in [5.74, 6) is 0.878. The zero-order chi connectivity index (χ0) is 10.3. The lowest BCUT2D eigenvalue weighted by Crippen LogP contribution is -2.33. The maximum Gasteiger partial charge on any atom is 0.0558 e. The van der Waals surface area contributed by atoms with E-state index in [0.29, 0.717) is 0 Å². The zero-order valence-corrected chi connectivity index (χ0v) is 10.2. The molecule has 2 atom stereocenters. The van der Waals surface area contributed by atoms with Crippen LogP contribution in [0, 0.1) is 5.92 Å². The summed E-state index contributed by atoms with van der Waals surface area (Å²) in [5.41, 5.74) is 0. The first-order chi connectivity index (χ1) is 7.34. The number of hydrogen-bond acceptors (Lipinski definition) is 3. The van der Waals surface area contributed by atoms with Gasteiger partial charge in [0, 0.05) is 24.0 Å². The highest BCUT2D eigenvalue weighted by molar-refractivity contribution is 7.10. The van der Waals surface area contributed by atoms with Crippen LogP contribution in [0.2, 0.25) is 5.02 Å². The van der Waals surface area contributed by atoms with E-state index in [4.69, 9.17) is 11.6 Å². The fraction of sp³-hybridized carbons (Fsp3) is 0.636. The lowest BCUT2D eigenvalue weighted by atomic mass is 10.1. The highest BCUT2D eigenvalue weighted by atomic mass is 35.5. The van der Waals surface area contributed by atoms with Crippen LogP contribution in [0.1, 0.15) is 11.3 Å². The van der Waals surface area contributed by atoms with Crippen LogP contribution in [0.4, 0.5) is 0 Å². The number of nitrogens with zero attached hydrogens (tertiary/aromatic N) is 1. The Bertz CT molecular complexity index is 352. The first kappa shape index (κ1) is 10.1. The third-order valence-corrected chi connectivity index (χ3v) is 4.97. The van der Waals surface area contributed by atoms with Gasteiger partial charge in [0.15, 0.2) is 0 Å². The van der Waals surface area contributed by atoms with E-state index in [1.54, 1.807) is 11.3 Å². The highest BCUT2D eigenvalue weighted by Gasteiger charge is 2.37. The van der Waals surface area contributed by atoms with Gasteiger partial charge in [0.25, 0.3) is 0 Å². The average molecular weight is 243 g/mol. The third kappa shape index (κ3) is 1.82. The van der Waals surface area contributed by atoms with Crippen molar-refractivity contribution in [3.8, 4) is 0 Å². The van der Waals surface area contributed by atoms with E-state index in [1.807, 2.05) is 6.07 Å². The van der Waals surface area contributed by atoms with Crippen LogP contribution in [0.3, 0.4) is 0 Å². The van der Waals surface area contributed by atoms with E-state index in [1.165, 1.54) is 24.4 Å². The minimum absolute atomic E-state index is 0.753. The van der Waals surface area contributed by atoms with Gasteiger partial charge in [-0.15, -0.1) is 11.3 Å². The summed E-state index contributed by atoms with van der Waals surface area (Å²) in [6.07, 6.45) is 1.35. The maximum atomic E-state index is 6.13. The standard InChI is InChI=1S/C11H15ClN2S/c12-9-2-4-15-11(9)7-14-3-1-8-5-13-6-10(8)14/h2,4,8,10,13H,1,3,5-7H2/t8-,10+/m0/s1.